The van der Waals surface area contributed by atoms with Gasteiger partial charge in [-0.1, -0.05) is 61.4 Å². The van der Waals surface area contributed by atoms with Crippen LogP contribution in [-0.4, -0.2) is 73.6 Å². The topological polar surface area (TPSA) is 73.0 Å². The summed E-state index contributed by atoms with van der Waals surface area (Å²) in [6.45, 7) is 3.48. The van der Waals surface area contributed by atoms with Crippen LogP contribution in [-0.2, 0) is 21.4 Å². The van der Waals surface area contributed by atoms with E-state index in [0.29, 0.717) is 39.3 Å². The molecule has 1 N–H and O–H groups in total. The molecule has 1 amide bonds. The summed E-state index contributed by atoms with van der Waals surface area (Å²) >= 11 is 0. The normalized spacial score (nSPS) is 19.2. The molecule has 2 aliphatic rings. The zero-order valence-corrected chi connectivity index (χ0v) is 20.0. The van der Waals surface area contributed by atoms with Gasteiger partial charge in [0, 0.05) is 45.0 Å². The van der Waals surface area contributed by atoms with Crippen molar-refractivity contribution in [3.63, 3.8) is 0 Å². The van der Waals surface area contributed by atoms with Gasteiger partial charge in [-0.25, -0.2) is 0 Å². The Morgan fingerprint density at radius 2 is 1.36 bits per heavy atom. The van der Waals surface area contributed by atoms with Gasteiger partial charge in [-0.3, -0.25) is 9.69 Å². The lowest BCUT2D eigenvalue weighted by Gasteiger charge is -2.36. The number of amides is 1. The zero-order chi connectivity index (χ0) is 23.1. The van der Waals surface area contributed by atoms with Crippen LogP contribution in [0.15, 0.2) is 54.6 Å². The van der Waals surface area contributed by atoms with Gasteiger partial charge in [0.15, 0.2) is 0 Å². The summed E-state index contributed by atoms with van der Waals surface area (Å²) in [4.78, 5) is 14.8. The van der Waals surface area contributed by atoms with Gasteiger partial charge in [0.05, 0.1) is 6.54 Å². The monoisotopic (exact) mass is 470 g/mol. The number of para-hydroxylation sites is 1. The molecule has 2 aliphatic heterocycles. The fourth-order valence-electron chi connectivity index (χ4n) is 4.56. The Morgan fingerprint density at radius 3 is 2.06 bits per heavy atom. The quantitative estimate of drug-likeness (QED) is 0.675. The number of carbonyl (C=O) groups excluding carboxylic acids is 1. The number of carbonyl (C=O) groups is 1. The molecule has 0 spiro atoms. The largest absolute Gasteiger partial charge is 0.325 e. The fraction of sp³-hybridized carbons (Fsp3) is 0.480. The summed E-state index contributed by atoms with van der Waals surface area (Å²) in [5, 5.41) is 3.06. The molecule has 2 aromatic carbocycles. The Balaban J connectivity index is 1.29. The van der Waals surface area contributed by atoms with Gasteiger partial charge in [0.2, 0.25) is 5.91 Å². The second kappa shape index (κ2) is 11.2. The molecule has 2 aromatic rings. The van der Waals surface area contributed by atoms with E-state index >= 15 is 0 Å². The highest BCUT2D eigenvalue weighted by Gasteiger charge is 2.32. The van der Waals surface area contributed by atoms with E-state index in [-0.39, 0.29) is 12.5 Å². The number of hydrogen-bond donors (Lipinski definition) is 1. The Labute approximate surface area is 197 Å². The molecule has 2 fully saturated rings. The second-order valence-corrected chi connectivity index (χ2v) is 10.8. The molecule has 0 bridgehead atoms. The van der Waals surface area contributed by atoms with Crippen LogP contribution in [0.3, 0.4) is 0 Å². The molecule has 33 heavy (non-hydrogen) atoms. The smallest absolute Gasteiger partial charge is 0.282 e. The molecule has 2 heterocycles. The maximum Gasteiger partial charge on any atom is 0.282 e. The minimum atomic E-state index is -3.40. The van der Waals surface area contributed by atoms with Crippen molar-refractivity contribution < 1.29 is 13.2 Å². The molecule has 178 valence electrons. The van der Waals surface area contributed by atoms with Gasteiger partial charge >= 0.3 is 0 Å². The van der Waals surface area contributed by atoms with Gasteiger partial charge in [-0.15, -0.1) is 0 Å². The predicted octanol–water partition coefficient (Wildman–Crippen LogP) is 2.95. The lowest BCUT2D eigenvalue weighted by atomic mass is 10.0. The fourth-order valence-corrected chi connectivity index (χ4v) is 6.23. The highest BCUT2D eigenvalue weighted by molar-refractivity contribution is 7.86. The molecule has 0 aromatic heterocycles. The van der Waals surface area contributed by atoms with Crippen LogP contribution in [0.4, 0.5) is 5.69 Å². The van der Waals surface area contributed by atoms with Crippen molar-refractivity contribution in [2.75, 3.05) is 51.1 Å². The van der Waals surface area contributed by atoms with Crippen molar-refractivity contribution >= 4 is 21.8 Å². The SMILES string of the molecule is O=C(CN1CCN(S(=O)(=O)N2CCCCCC2)CC1)Nc1ccccc1Cc1ccccc1. The minimum Gasteiger partial charge on any atom is -0.325 e. The van der Waals surface area contributed by atoms with Gasteiger partial charge in [0.25, 0.3) is 10.2 Å². The molecule has 0 aliphatic carbocycles. The van der Waals surface area contributed by atoms with E-state index in [4.69, 9.17) is 0 Å². The predicted molar refractivity (Wildman–Crippen MR) is 131 cm³/mol. The third kappa shape index (κ3) is 6.41. The number of piperazine rings is 1. The molecular weight excluding hydrogens is 436 g/mol. The molecule has 0 unspecified atom stereocenters. The van der Waals surface area contributed by atoms with Gasteiger partial charge in [-0.05, 0) is 36.5 Å². The van der Waals surface area contributed by atoms with Gasteiger partial charge in [-0.2, -0.15) is 17.0 Å². The van der Waals surface area contributed by atoms with E-state index in [1.807, 2.05) is 47.4 Å². The number of hydrogen-bond acceptors (Lipinski definition) is 4. The van der Waals surface area contributed by atoms with Gasteiger partial charge in [0.1, 0.15) is 0 Å². The molecule has 0 radical (unpaired) electrons. The maximum absolute atomic E-state index is 13.0. The van der Waals surface area contributed by atoms with E-state index in [1.165, 1.54) is 5.56 Å². The Bertz CT molecular complexity index is 1010. The summed E-state index contributed by atoms with van der Waals surface area (Å²) in [6, 6.07) is 18.1. The summed E-state index contributed by atoms with van der Waals surface area (Å²) in [5.74, 6) is -0.0701. The van der Waals surface area contributed by atoms with Crippen LogP contribution >= 0.6 is 0 Å². The van der Waals surface area contributed by atoms with Crippen LogP contribution in [0.2, 0.25) is 0 Å². The van der Waals surface area contributed by atoms with E-state index in [0.717, 1.165) is 43.4 Å². The first-order valence-corrected chi connectivity index (χ1v) is 13.3. The Morgan fingerprint density at radius 1 is 0.758 bits per heavy atom. The lowest BCUT2D eigenvalue weighted by Crippen LogP contribution is -2.54. The number of anilines is 1. The van der Waals surface area contributed by atoms with Crippen molar-refractivity contribution in [1.82, 2.24) is 13.5 Å². The average Bonchev–Trinajstić information content (AvgIpc) is 3.12. The summed E-state index contributed by atoms with van der Waals surface area (Å²) < 4.78 is 29.2. The van der Waals surface area contributed by atoms with Crippen LogP contribution in [0.1, 0.15) is 36.8 Å². The molecular formula is C25H34N4O3S. The van der Waals surface area contributed by atoms with E-state index in [1.54, 1.807) is 8.61 Å². The summed E-state index contributed by atoms with van der Waals surface area (Å²) in [6.07, 6.45) is 4.83. The molecule has 2 saturated heterocycles. The Kier molecular flexibility index (Phi) is 8.14. The van der Waals surface area contributed by atoms with E-state index in [2.05, 4.69) is 17.4 Å². The van der Waals surface area contributed by atoms with Crippen LogP contribution in [0, 0.1) is 0 Å². The standard InChI is InChI=1S/C25H34N4O3S/c30-25(26-24-13-7-6-12-23(24)20-22-10-4-3-5-11-22)21-27-16-18-29(19-17-27)33(31,32)28-14-8-1-2-9-15-28/h3-7,10-13H,1-2,8-9,14-21H2,(H,26,30). The first-order valence-electron chi connectivity index (χ1n) is 11.9. The van der Waals surface area contributed by atoms with Crippen LogP contribution < -0.4 is 5.32 Å². The number of rotatable bonds is 7. The van der Waals surface area contributed by atoms with E-state index in [9.17, 15) is 13.2 Å². The first kappa shape index (κ1) is 23.9. The van der Waals surface area contributed by atoms with Crippen molar-refractivity contribution in [1.29, 1.82) is 0 Å². The van der Waals surface area contributed by atoms with Crippen molar-refractivity contribution in [3.05, 3.63) is 65.7 Å². The number of nitrogens with one attached hydrogen (secondary N) is 1. The zero-order valence-electron chi connectivity index (χ0n) is 19.2. The molecule has 4 rings (SSSR count). The highest BCUT2D eigenvalue weighted by atomic mass is 32.2. The minimum absolute atomic E-state index is 0.0701. The lowest BCUT2D eigenvalue weighted by molar-refractivity contribution is -0.117. The molecule has 0 saturated carbocycles. The average molecular weight is 471 g/mol. The molecule has 7 nitrogen and oxygen atoms in total. The second-order valence-electron chi connectivity index (χ2n) is 8.86. The third-order valence-electron chi connectivity index (χ3n) is 6.44. The van der Waals surface area contributed by atoms with Crippen LogP contribution in [0.25, 0.3) is 0 Å². The number of nitrogens with zero attached hydrogens (tertiary/aromatic N) is 3. The summed E-state index contributed by atoms with van der Waals surface area (Å²) in [7, 11) is -3.40. The number of benzene rings is 2. The van der Waals surface area contributed by atoms with Gasteiger partial charge < -0.3 is 5.32 Å². The highest BCUT2D eigenvalue weighted by Crippen LogP contribution is 2.20. The summed E-state index contributed by atoms with van der Waals surface area (Å²) in [5.41, 5.74) is 3.10. The van der Waals surface area contributed by atoms with E-state index < -0.39 is 10.2 Å². The van der Waals surface area contributed by atoms with Crippen LogP contribution in [0.5, 0.6) is 0 Å². The first-order chi connectivity index (χ1) is 16.0. The third-order valence-corrected chi connectivity index (χ3v) is 8.48. The molecule has 0 atom stereocenters. The maximum atomic E-state index is 13.0. The Hall–Kier alpha value is -2.26. The van der Waals surface area contributed by atoms with Crippen molar-refractivity contribution in [2.24, 2.45) is 0 Å². The molecule has 8 heteroatoms. The van der Waals surface area contributed by atoms with Crippen molar-refractivity contribution in [2.45, 2.75) is 32.1 Å². The van der Waals surface area contributed by atoms with Crippen molar-refractivity contribution in [3.8, 4) is 0 Å².